The van der Waals surface area contributed by atoms with Gasteiger partial charge in [0.1, 0.15) is 11.3 Å². The monoisotopic (exact) mass is 204 g/mol. The normalized spacial score (nSPS) is 10.0. The van der Waals surface area contributed by atoms with E-state index in [0.29, 0.717) is 5.82 Å². The van der Waals surface area contributed by atoms with Crippen LogP contribution < -0.4 is 5.73 Å². The van der Waals surface area contributed by atoms with Crippen molar-refractivity contribution in [3.8, 4) is 5.69 Å². The molecule has 2 aromatic rings. The Balaban J connectivity index is 2.52. The van der Waals surface area contributed by atoms with E-state index in [9.17, 15) is 0 Å². The fraction of sp³-hybridized carbons (Fsp3) is 0. The minimum Gasteiger partial charge on any atom is -0.387 e. The van der Waals surface area contributed by atoms with Crippen LogP contribution in [0.2, 0.25) is 0 Å². The summed E-state index contributed by atoms with van der Waals surface area (Å²) in [7, 11) is 0. The summed E-state index contributed by atoms with van der Waals surface area (Å²) in [5.41, 5.74) is 6.45. The summed E-state index contributed by atoms with van der Waals surface area (Å²) < 4.78 is 1.75. The van der Waals surface area contributed by atoms with Gasteiger partial charge < -0.3 is 5.73 Å². The highest BCUT2D eigenvalue weighted by molar-refractivity contribution is 7.80. The highest BCUT2D eigenvalue weighted by atomic mass is 32.1. The quantitative estimate of drug-likeness (QED) is 0.738. The fourth-order valence-corrected chi connectivity index (χ4v) is 1.32. The van der Waals surface area contributed by atoms with Crippen molar-refractivity contribution in [3.63, 3.8) is 0 Å². The van der Waals surface area contributed by atoms with E-state index in [4.69, 9.17) is 18.0 Å². The zero-order valence-electron chi connectivity index (χ0n) is 7.29. The van der Waals surface area contributed by atoms with Crippen LogP contribution in [0.4, 0.5) is 0 Å². The molecular weight excluding hydrogens is 196 g/mol. The maximum Gasteiger partial charge on any atom is 0.195 e. The molecule has 0 aliphatic heterocycles. The number of nitrogens with zero attached hydrogens (tertiary/aromatic N) is 3. The van der Waals surface area contributed by atoms with Gasteiger partial charge in [0.2, 0.25) is 0 Å². The van der Waals surface area contributed by atoms with Crippen LogP contribution in [-0.2, 0) is 0 Å². The molecule has 1 aromatic heterocycles. The third kappa shape index (κ3) is 1.49. The largest absolute Gasteiger partial charge is 0.387 e. The first kappa shape index (κ1) is 8.83. The number of rotatable bonds is 2. The van der Waals surface area contributed by atoms with Gasteiger partial charge in [-0.25, -0.2) is 0 Å². The van der Waals surface area contributed by atoms with E-state index < -0.39 is 0 Å². The fourth-order valence-electron chi connectivity index (χ4n) is 1.18. The molecule has 0 bridgehead atoms. The van der Waals surface area contributed by atoms with Crippen LogP contribution in [0.1, 0.15) is 5.82 Å². The summed E-state index contributed by atoms with van der Waals surface area (Å²) in [5, 5.41) is 7.60. The molecule has 0 aliphatic carbocycles. The average Bonchev–Trinajstić information content (AvgIpc) is 2.67. The van der Waals surface area contributed by atoms with E-state index in [0.717, 1.165) is 5.69 Å². The average molecular weight is 204 g/mol. The zero-order valence-corrected chi connectivity index (χ0v) is 8.11. The predicted molar refractivity (Wildman–Crippen MR) is 57.2 cm³/mol. The summed E-state index contributed by atoms with van der Waals surface area (Å²) in [6.07, 6.45) is 1.59. The molecule has 2 N–H and O–H groups in total. The molecule has 0 saturated carbocycles. The number of nitrogens with two attached hydrogens (primary N) is 1. The second-order valence-electron chi connectivity index (χ2n) is 2.72. The number of hydrogen-bond donors (Lipinski definition) is 1. The van der Waals surface area contributed by atoms with Crippen molar-refractivity contribution in [2.24, 2.45) is 5.73 Å². The first-order chi connectivity index (χ1) is 6.79. The van der Waals surface area contributed by atoms with Crippen molar-refractivity contribution in [1.29, 1.82) is 0 Å². The lowest BCUT2D eigenvalue weighted by atomic mass is 10.3. The maximum absolute atomic E-state index is 5.50. The van der Waals surface area contributed by atoms with Crippen molar-refractivity contribution in [2.45, 2.75) is 0 Å². The van der Waals surface area contributed by atoms with Crippen LogP contribution in [0.3, 0.4) is 0 Å². The summed E-state index contributed by atoms with van der Waals surface area (Å²) in [5.74, 6) is 0.506. The Labute approximate surface area is 86.4 Å². The molecule has 0 fully saturated rings. The first-order valence-corrected chi connectivity index (χ1v) is 4.45. The second kappa shape index (κ2) is 3.55. The second-order valence-corrected chi connectivity index (χ2v) is 3.16. The van der Waals surface area contributed by atoms with Crippen LogP contribution in [0.15, 0.2) is 36.7 Å². The van der Waals surface area contributed by atoms with Crippen LogP contribution in [0, 0.1) is 0 Å². The van der Waals surface area contributed by atoms with Gasteiger partial charge in [0, 0.05) is 5.69 Å². The molecule has 0 radical (unpaired) electrons. The van der Waals surface area contributed by atoms with Crippen LogP contribution in [0.5, 0.6) is 0 Å². The Kier molecular flexibility index (Phi) is 2.24. The van der Waals surface area contributed by atoms with Crippen molar-refractivity contribution < 1.29 is 0 Å². The van der Waals surface area contributed by atoms with Crippen molar-refractivity contribution in [2.75, 3.05) is 0 Å². The smallest absolute Gasteiger partial charge is 0.195 e. The van der Waals surface area contributed by atoms with Gasteiger partial charge in [-0.15, -0.1) is 10.2 Å². The number of hydrogen-bond acceptors (Lipinski definition) is 3. The Hall–Kier alpha value is -1.75. The van der Waals surface area contributed by atoms with E-state index in [-0.39, 0.29) is 4.99 Å². The first-order valence-electron chi connectivity index (χ1n) is 4.04. The van der Waals surface area contributed by atoms with Gasteiger partial charge in [-0.3, -0.25) is 4.57 Å². The molecule has 0 amide bonds. The molecule has 0 aliphatic rings. The molecule has 1 heterocycles. The molecule has 5 heteroatoms. The van der Waals surface area contributed by atoms with Gasteiger partial charge in [0.05, 0.1) is 0 Å². The molecule has 0 saturated heterocycles. The Morgan fingerprint density at radius 1 is 1.29 bits per heavy atom. The van der Waals surface area contributed by atoms with E-state index in [2.05, 4.69) is 10.2 Å². The predicted octanol–water partition coefficient (Wildman–Crippen LogP) is 0.901. The molecule has 14 heavy (non-hydrogen) atoms. The summed E-state index contributed by atoms with van der Waals surface area (Å²) in [6, 6.07) is 9.67. The Morgan fingerprint density at radius 2 is 2.00 bits per heavy atom. The molecular formula is C9H8N4S. The van der Waals surface area contributed by atoms with Gasteiger partial charge in [0.15, 0.2) is 5.82 Å². The number of benzene rings is 1. The van der Waals surface area contributed by atoms with Gasteiger partial charge in [-0.05, 0) is 12.1 Å². The van der Waals surface area contributed by atoms with E-state index in [1.165, 1.54) is 0 Å². The van der Waals surface area contributed by atoms with Gasteiger partial charge in [0.25, 0.3) is 0 Å². The van der Waals surface area contributed by atoms with E-state index in [1.807, 2.05) is 30.3 Å². The lowest BCUT2D eigenvalue weighted by Gasteiger charge is -2.03. The molecule has 70 valence electrons. The topological polar surface area (TPSA) is 56.7 Å². The third-order valence-corrected chi connectivity index (χ3v) is 1.99. The summed E-state index contributed by atoms with van der Waals surface area (Å²) in [4.78, 5) is 0.242. The number of thiocarbonyl (C=S) groups is 1. The summed E-state index contributed by atoms with van der Waals surface area (Å²) in [6.45, 7) is 0. The Morgan fingerprint density at radius 3 is 2.64 bits per heavy atom. The highest BCUT2D eigenvalue weighted by Crippen LogP contribution is 2.08. The number of aromatic nitrogens is 3. The SMILES string of the molecule is NC(=S)c1nncn1-c1ccccc1. The third-order valence-electron chi connectivity index (χ3n) is 1.80. The van der Waals surface area contributed by atoms with Gasteiger partial charge in [-0.1, -0.05) is 30.4 Å². The number of para-hydroxylation sites is 1. The lowest BCUT2D eigenvalue weighted by Crippen LogP contribution is -2.15. The molecule has 2 rings (SSSR count). The minimum atomic E-state index is 0.242. The maximum atomic E-state index is 5.50. The van der Waals surface area contributed by atoms with Crippen molar-refractivity contribution in [3.05, 3.63) is 42.5 Å². The van der Waals surface area contributed by atoms with Crippen LogP contribution in [0.25, 0.3) is 5.69 Å². The standard InChI is InChI=1S/C9H8N4S/c10-8(14)9-12-11-6-13(9)7-4-2-1-3-5-7/h1-6H,(H2,10,14). The highest BCUT2D eigenvalue weighted by Gasteiger charge is 2.07. The van der Waals surface area contributed by atoms with E-state index in [1.54, 1.807) is 10.9 Å². The molecule has 0 unspecified atom stereocenters. The van der Waals surface area contributed by atoms with Crippen LogP contribution in [-0.4, -0.2) is 19.8 Å². The van der Waals surface area contributed by atoms with E-state index >= 15 is 0 Å². The molecule has 1 aromatic carbocycles. The molecule has 0 atom stereocenters. The lowest BCUT2D eigenvalue weighted by molar-refractivity contribution is 1.03. The van der Waals surface area contributed by atoms with Crippen molar-refractivity contribution >= 4 is 17.2 Å². The molecule has 0 spiro atoms. The molecule has 4 nitrogen and oxygen atoms in total. The summed E-state index contributed by atoms with van der Waals surface area (Å²) >= 11 is 4.86. The van der Waals surface area contributed by atoms with Gasteiger partial charge >= 0.3 is 0 Å². The van der Waals surface area contributed by atoms with Crippen LogP contribution >= 0.6 is 12.2 Å². The minimum absolute atomic E-state index is 0.242. The van der Waals surface area contributed by atoms with Gasteiger partial charge in [-0.2, -0.15) is 0 Å². The zero-order chi connectivity index (χ0) is 9.97. The van der Waals surface area contributed by atoms with Crippen molar-refractivity contribution in [1.82, 2.24) is 14.8 Å². The Bertz CT molecular complexity index is 449.